The third-order valence-electron chi connectivity index (χ3n) is 8.04. The summed E-state index contributed by atoms with van der Waals surface area (Å²) in [4.78, 5) is 8.28. The fourth-order valence-corrected chi connectivity index (χ4v) is 8.94. The first-order chi connectivity index (χ1) is 18.3. The van der Waals surface area contributed by atoms with Crippen LogP contribution in [0.5, 0.6) is 0 Å². The number of rotatable bonds is 6. The Balaban J connectivity index is 1.78. The fourth-order valence-electron chi connectivity index (χ4n) is 4.69. The average Bonchev–Trinajstić information content (AvgIpc) is 3.66. The molecule has 4 heteroatoms. The largest absolute Gasteiger partial charge is 0.144 e. The number of hydrogen-bond acceptors (Lipinski definition) is 4. The highest BCUT2D eigenvalue weighted by Crippen LogP contribution is 2.52. The van der Waals surface area contributed by atoms with Crippen molar-refractivity contribution in [1.29, 1.82) is 0 Å². The summed E-state index contributed by atoms with van der Waals surface area (Å²) in [5.74, 6) is 0. The molecule has 1 aromatic carbocycles. The van der Waals surface area contributed by atoms with E-state index in [2.05, 4.69) is 128 Å². The van der Waals surface area contributed by atoms with Gasteiger partial charge in [-0.05, 0) is 97.5 Å². The van der Waals surface area contributed by atoms with Crippen molar-refractivity contribution in [3.8, 4) is 31.3 Å². The van der Waals surface area contributed by atoms with Gasteiger partial charge in [0.05, 0.1) is 0 Å². The van der Waals surface area contributed by atoms with Gasteiger partial charge in [-0.2, -0.15) is 0 Å². The zero-order valence-electron chi connectivity index (χ0n) is 24.7. The summed E-state index contributed by atoms with van der Waals surface area (Å²) in [5, 5.41) is 2.20. The molecule has 1 aliphatic rings. The molecule has 39 heavy (non-hydrogen) atoms. The molecule has 0 saturated heterocycles. The van der Waals surface area contributed by atoms with E-state index in [1.807, 2.05) is 45.8 Å². The molecule has 0 radical (unpaired) electrons. The standard InChI is InChI=1S/C35H40S4/c1-10-34(6,7)32-18-16-29(38-32)25-21-24(28-15-17-31(37-28)33(3,4)5)23(27-12-11-19-36-27)20-26(25)30-14-13-22(2)35(8,9)39-30/h11-21H,10H2,1-9H3. The van der Waals surface area contributed by atoms with Gasteiger partial charge in [0.25, 0.3) is 0 Å². The summed E-state index contributed by atoms with van der Waals surface area (Å²) in [7, 11) is 0. The lowest BCUT2D eigenvalue weighted by Gasteiger charge is -2.30. The molecular formula is C35H40S4. The third kappa shape index (κ3) is 5.68. The second kappa shape index (κ2) is 10.5. The minimum absolute atomic E-state index is 0.0727. The van der Waals surface area contributed by atoms with Gasteiger partial charge in [0.2, 0.25) is 0 Å². The summed E-state index contributed by atoms with van der Waals surface area (Å²) >= 11 is 7.74. The van der Waals surface area contributed by atoms with E-state index in [0.717, 1.165) is 6.42 Å². The Kier molecular flexibility index (Phi) is 7.74. The Morgan fingerprint density at radius 2 is 1.31 bits per heavy atom. The predicted molar refractivity (Wildman–Crippen MR) is 182 cm³/mol. The van der Waals surface area contributed by atoms with Crippen molar-refractivity contribution in [2.45, 2.75) is 84.3 Å². The van der Waals surface area contributed by atoms with Crippen LogP contribution in [0, 0.1) is 0 Å². The molecule has 0 aliphatic carbocycles. The lowest BCUT2D eigenvalue weighted by Crippen LogP contribution is -2.18. The number of thioether (sulfide) groups is 1. The van der Waals surface area contributed by atoms with Crippen LogP contribution >= 0.6 is 45.8 Å². The zero-order chi connectivity index (χ0) is 28.2. The van der Waals surface area contributed by atoms with Crippen LogP contribution in [-0.4, -0.2) is 4.75 Å². The van der Waals surface area contributed by atoms with E-state index in [4.69, 9.17) is 0 Å². The van der Waals surface area contributed by atoms with Gasteiger partial charge in [0.15, 0.2) is 0 Å². The van der Waals surface area contributed by atoms with E-state index >= 15 is 0 Å². The highest BCUT2D eigenvalue weighted by molar-refractivity contribution is 8.09. The number of hydrogen-bond donors (Lipinski definition) is 0. The maximum absolute atomic E-state index is 2.50. The predicted octanol–water partition coefficient (Wildman–Crippen LogP) is 12.7. The van der Waals surface area contributed by atoms with E-state index in [0.29, 0.717) is 0 Å². The van der Waals surface area contributed by atoms with Crippen molar-refractivity contribution in [2.75, 3.05) is 0 Å². The molecule has 0 spiro atoms. The molecule has 0 nitrogen and oxygen atoms in total. The SMILES string of the molecule is CCC(C)(C)c1ccc(-c2cc(-c3ccc(C(C)(C)C)s3)c(-c3cccs3)cc2C2=CC=C(C)C(C)(C)S2)s1. The summed E-state index contributed by atoms with van der Waals surface area (Å²) < 4.78 is 0.0727. The zero-order valence-corrected chi connectivity index (χ0v) is 28.0. The molecule has 0 unspecified atom stereocenters. The molecule has 0 bridgehead atoms. The third-order valence-corrected chi connectivity index (χ3v) is 13.4. The maximum Gasteiger partial charge on any atom is 0.0359 e. The minimum Gasteiger partial charge on any atom is -0.144 e. The highest BCUT2D eigenvalue weighted by atomic mass is 32.2. The maximum atomic E-state index is 2.50. The Morgan fingerprint density at radius 3 is 1.87 bits per heavy atom. The van der Waals surface area contributed by atoms with Crippen LogP contribution in [0.1, 0.15) is 84.1 Å². The van der Waals surface area contributed by atoms with Crippen LogP contribution in [0.2, 0.25) is 0 Å². The van der Waals surface area contributed by atoms with Gasteiger partial charge in [0, 0.05) is 50.7 Å². The molecule has 4 aromatic rings. The average molecular weight is 589 g/mol. The van der Waals surface area contributed by atoms with Crippen molar-refractivity contribution in [1.82, 2.24) is 0 Å². The van der Waals surface area contributed by atoms with E-state index < -0.39 is 0 Å². The molecule has 0 amide bonds. The Hall–Kier alpha value is -1.85. The normalized spacial score (nSPS) is 15.8. The van der Waals surface area contributed by atoms with Crippen LogP contribution in [0.4, 0.5) is 0 Å². The highest BCUT2D eigenvalue weighted by Gasteiger charge is 2.29. The van der Waals surface area contributed by atoms with Crippen LogP contribution in [-0.2, 0) is 10.8 Å². The van der Waals surface area contributed by atoms with Gasteiger partial charge >= 0.3 is 0 Å². The second-order valence-corrected chi connectivity index (χ2v) is 17.5. The van der Waals surface area contributed by atoms with Crippen LogP contribution in [0.25, 0.3) is 36.2 Å². The molecule has 1 aliphatic heterocycles. The molecule has 0 atom stereocenters. The number of benzene rings is 1. The monoisotopic (exact) mass is 588 g/mol. The van der Waals surface area contributed by atoms with Gasteiger partial charge < -0.3 is 0 Å². The minimum atomic E-state index is 0.0727. The topological polar surface area (TPSA) is 0 Å². The van der Waals surface area contributed by atoms with Crippen LogP contribution < -0.4 is 0 Å². The second-order valence-electron chi connectivity index (χ2n) is 12.7. The molecule has 204 valence electrons. The van der Waals surface area contributed by atoms with Crippen LogP contribution in [0.15, 0.2) is 71.6 Å². The summed E-state index contributed by atoms with van der Waals surface area (Å²) in [6, 6.07) is 18.8. The molecule has 0 fully saturated rings. The molecule has 5 rings (SSSR count). The van der Waals surface area contributed by atoms with E-state index in [1.54, 1.807) is 0 Å². The van der Waals surface area contributed by atoms with Crippen molar-refractivity contribution in [3.63, 3.8) is 0 Å². The lowest BCUT2D eigenvalue weighted by molar-refractivity contribution is 0.517. The van der Waals surface area contributed by atoms with Gasteiger partial charge in [-0.25, -0.2) is 0 Å². The van der Waals surface area contributed by atoms with E-state index in [-0.39, 0.29) is 15.6 Å². The van der Waals surface area contributed by atoms with E-state index in [1.165, 1.54) is 57.1 Å². The molecular weight excluding hydrogens is 549 g/mol. The molecule has 0 saturated carbocycles. The first-order valence-electron chi connectivity index (χ1n) is 13.8. The number of thiophene rings is 3. The fraction of sp³-hybridized carbons (Fsp3) is 0.371. The van der Waals surface area contributed by atoms with E-state index in [9.17, 15) is 0 Å². The Bertz CT molecular complexity index is 1540. The number of allylic oxidation sites excluding steroid dienone is 2. The van der Waals surface area contributed by atoms with Crippen molar-refractivity contribution in [3.05, 3.63) is 87.0 Å². The molecule has 4 heterocycles. The molecule has 3 aromatic heterocycles. The van der Waals surface area contributed by atoms with Gasteiger partial charge in [-0.3, -0.25) is 0 Å². The lowest BCUT2D eigenvalue weighted by atomic mass is 9.88. The summed E-state index contributed by atoms with van der Waals surface area (Å²) in [5.41, 5.74) is 7.11. The van der Waals surface area contributed by atoms with Gasteiger partial charge in [0.1, 0.15) is 0 Å². The van der Waals surface area contributed by atoms with Crippen molar-refractivity contribution in [2.24, 2.45) is 0 Å². The van der Waals surface area contributed by atoms with Gasteiger partial charge in [-0.15, -0.1) is 45.8 Å². The first kappa shape index (κ1) is 28.7. The Morgan fingerprint density at radius 1 is 0.718 bits per heavy atom. The van der Waals surface area contributed by atoms with Crippen LogP contribution in [0.3, 0.4) is 0 Å². The van der Waals surface area contributed by atoms with Crippen molar-refractivity contribution < 1.29 is 0 Å². The summed E-state index contributed by atoms with van der Waals surface area (Å²) in [6.07, 6.45) is 5.80. The first-order valence-corrected chi connectivity index (χ1v) is 17.1. The smallest absolute Gasteiger partial charge is 0.0359 e. The quantitative estimate of drug-likeness (QED) is 0.216. The Labute approximate surface area is 251 Å². The summed E-state index contributed by atoms with van der Waals surface area (Å²) in [6.45, 7) is 20.9. The molecule has 0 N–H and O–H groups in total. The van der Waals surface area contributed by atoms with Crippen molar-refractivity contribution >= 4 is 50.7 Å². The van der Waals surface area contributed by atoms with Gasteiger partial charge in [-0.1, -0.05) is 59.3 Å².